The Morgan fingerprint density at radius 1 is 0.632 bits per heavy atom. The van der Waals surface area contributed by atoms with Crippen molar-refractivity contribution < 1.29 is 47.2 Å². The summed E-state index contributed by atoms with van der Waals surface area (Å²) in [5.41, 5.74) is 0. The number of hydrogen-bond donors (Lipinski definition) is 2. The van der Waals surface area contributed by atoms with Crippen LogP contribution in [0, 0.1) is 0 Å². The number of phosphoric ester groups is 1. The Labute approximate surface area is 348 Å². The van der Waals surface area contributed by atoms with Crippen LogP contribution in [-0.2, 0) is 32.7 Å². The fourth-order valence-corrected chi connectivity index (χ4v) is 6.30. The second-order valence-corrected chi connectivity index (χ2v) is 17.4. The van der Waals surface area contributed by atoms with Crippen molar-refractivity contribution in [3.8, 4) is 0 Å². The van der Waals surface area contributed by atoms with E-state index in [0.29, 0.717) is 36.7 Å². The molecule has 0 rings (SSSR count). The molecule has 10 nitrogen and oxygen atoms in total. The zero-order valence-corrected chi connectivity index (χ0v) is 37.6. The largest absolute Gasteiger partial charge is 0.472 e. The van der Waals surface area contributed by atoms with E-state index in [4.69, 9.17) is 18.5 Å². The number of carbonyl (C=O) groups excluding carboxylic acids is 2. The topological polar surface area (TPSA) is 129 Å². The summed E-state index contributed by atoms with van der Waals surface area (Å²) in [6, 6.07) is 0. The van der Waals surface area contributed by atoms with E-state index in [1.165, 1.54) is 70.6 Å². The van der Waals surface area contributed by atoms with Crippen molar-refractivity contribution in [1.29, 1.82) is 0 Å². The minimum absolute atomic E-state index is 0.00752. The Kier molecular flexibility index (Phi) is 36.4. The van der Waals surface area contributed by atoms with Crippen LogP contribution in [0.5, 0.6) is 0 Å². The van der Waals surface area contributed by atoms with Gasteiger partial charge in [0.25, 0.3) is 0 Å². The van der Waals surface area contributed by atoms with E-state index in [2.05, 4.69) is 32.1 Å². The molecule has 0 amide bonds. The van der Waals surface area contributed by atoms with Crippen LogP contribution in [0.25, 0.3) is 0 Å². The lowest BCUT2D eigenvalue weighted by molar-refractivity contribution is -0.870. The van der Waals surface area contributed by atoms with Crippen LogP contribution < -0.4 is 0 Å². The zero-order valence-electron chi connectivity index (χ0n) is 36.7. The van der Waals surface area contributed by atoms with Crippen molar-refractivity contribution in [3.63, 3.8) is 0 Å². The number of carbonyl (C=O) groups is 2. The van der Waals surface area contributed by atoms with E-state index in [0.717, 1.165) is 38.5 Å². The van der Waals surface area contributed by atoms with Gasteiger partial charge in [-0.25, -0.2) is 4.57 Å². The summed E-state index contributed by atoms with van der Waals surface area (Å²) in [6.07, 6.45) is 41.6. The molecule has 2 N–H and O–H groups in total. The number of hydrogen-bond acceptors (Lipinski definition) is 8. The highest BCUT2D eigenvalue weighted by atomic mass is 31.2. The maximum atomic E-state index is 12.7. The number of aliphatic hydroxyl groups is 1. The summed E-state index contributed by atoms with van der Waals surface area (Å²) in [5, 5.41) is 10.0. The number of ether oxygens (including phenoxy) is 2. The van der Waals surface area contributed by atoms with Gasteiger partial charge in [0.15, 0.2) is 6.10 Å². The normalized spacial score (nSPS) is 14.7. The maximum absolute atomic E-state index is 12.7. The molecule has 0 spiro atoms. The Hall–Kier alpha value is -2.33. The molecule has 0 bridgehead atoms. The standard InChI is InChI=1S/C46H82NO9P/c1-6-8-10-12-14-15-16-17-18-19-20-21-25-29-33-37-45(49)53-41-44(42-55-57(51,52)54-40-39-47(3,4)5)56-46(50)38-34-30-26-23-22-24-28-32-36-43(48)35-31-27-13-11-9-7-2/h15-16,23-24,26-28,31-32,36,43-44,48H,6-14,17-22,25,29-30,33-35,37-42H2,1-5H3/p+1/b16-15-,26-23-,28-24-,31-27-,36-32+/t43-,44+/m0/s1. The van der Waals surface area contributed by atoms with Crippen LogP contribution in [-0.4, -0.2) is 86.1 Å². The fourth-order valence-electron chi connectivity index (χ4n) is 5.55. The van der Waals surface area contributed by atoms with Crippen LogP contribution in [0.3, 0.4) is 0 Å². The molecular weight excluding hydrogens is 741 g/mol. The Balaban J connectivity index is 4.54. The van der Waals surface area contributed by atoms with Gasteiger partial charge in [0.2, 0.25) is 0 Å². The zero-order chi connectivity index (χ0) is 42.3. The number of allylic oxidation sites excluding steroid dienone is 8. The lowest BCUT2D eigenvalue weighted by Crippen LogP contribution is -2.37. The van der Waals surface area contributed by atoms with Gasteiger partial charge in [-0.2, -0.15) is 0 Å². The molecule has 330 valence electrons. The second kappa shape index (κ2) is 37.9. The van der Waals surface area contributed by atoms with Crippen molar-refractivity contribution in [3.05, 3.63) is 60.8 Å². The minimum atomic E-state index is -4.41. The number of nitrogens with zero attached hydrogens (tertiary/aromatic N) is 1. The lowest BCUT2D eigenvalue weighted by Gasteiger charge is -2.24. The maximum Gasteiger partial charge on any atom is 0.472 e. The number of phosphoric acid groups is 1. The molecule has 0 aromatic rings. The highest BCUT2D eigenvalue weighted by molar-refractivity contribution is 7.47. The monoisotopic (exact) mass is 825 g/mol. The van der Waals surface area contributed by atoms with Crippen molar-refractivity contribution in [1.82, 2.24) is 0 Å². The highest BCUT2D eigenvalue weighted by Gasteiger charge is 2.27. The van der Waals surface area contributed by atoms with Crippen molar-refractivity contribution in [2.24, 2.45) is 0 Å². The molecular formula is C46H83NO9P+. The van der Waals surface area contributed by atoms with Gasteiger partial charge in [-0.1, -0.05) is 139 Å². The van der Waals surface area contributed by atoms with Gasteiger partial charge >= 0.3 is 19.8 Å². The van der Waals surface area contributed by atoms with Gasteiger partial charge in [0.05, 0.1) is 33.9 Å². The van der Waals surface area contributed by atoms with E-state index >= 15 is 0 Å². The molecule has 0 radical (unpaired) electrons. The average molecular weight is 825 g/mol. The summed E-state index contributed by atoms with van der Waals surface area (Å²) in [6.45, 7) is 4.20. The molecule has 0 saturated carbocycles. The third-order valence-electron chi connectivity index (χ3n) is 9.10. The van der Waals surface area contributed by atoms with Crippen LogP contribution in [0.2, 0.25) is 0 Å². The molecule has 3 atom stereocenters. The molecule has 11 heteroatoms. The van der Waals surface area contributed by atoms with Gasteiger partial charge in [-0.3, -0.25) is 18.6 Å². The molecule has 0 aliphatic heterocycles. The van der Waals surface area contributed by atoms with Crippen LogP contribution >= 0.6 is 7.82 Å². The van der Waals surface area contributed by atoms with Gasteiger partial charge in [0, 0.05) is 12.8 Å². The third kappa shape index (κ3) is 41.6. The van der Waals surface area contributed by atoms with E-state index in [-0.39, 0.29) is 26.1 Å². The number of aliphatic hydroxyl groups excluding tert-OH is 1. The van der Waals surface area contributed by atoms with Gasteiger partial charge < -0.3 is 24.0 Å². The van der Waals surface area contributed by atoms with E-state index in [9.17, 15) is 24.2 Å². The molecule has 0 saturated heterocycles. The summed E-state index contributed by atoms with van der Waals surface area (Å²) >= 11 is 0. The Bertz CT molecular complexity index is 1170. The van der Waals surface area contributed by atoms with Crippen LogP contribution in [0.4, 0.5) is 0 Å². The van der Waals surface area contributed by atoms with Gasteiger partial charge in [-0.05, 0) is 70.6 Å². The van der Waals surface area contributed by atoms with Gasteiger partial charge in [-0.15, -0.1) is 0 Å². The number of likely N-dealkylation sites (N-methyl/N-ethyl adjacent to an activating group) is 1. The van der Waals surface area contributed by atoms with E-state index in [1.54, 1.807) is 6.08 Å². The van der Waals surface area contributed by atoms with Crippen molar-refractivity contribution in [2.45, 2.75) is 174 Å². The smallest absolute Gasteiger partial charge is 0.462 e. The molecule has 0 heterocycles. The highest BCUT2D eigenvalue weighted by Crippen LogP contribution is 2.43. The first kappa shape index (κ1) is 54.7. The van der Waals surface area contributed by atoms with E-state index in [1.807, 2.05) is 57.6 Å². The summed E-state index contributed by atoms with van der Waals surface area (Å²) in [4.78, 5) is 35.3. The summed E-state index contributed by atoms with van der Waals surface area (Å²) in [7, 11) is 1.39. The first-order valence-corrected chi connectivity index (χ1v) is 23.6. The first-order valence-electron chi connectivity index (χ1n) is 22.1. The number of quaternary nitrogens is 1. The van der Waals surface area contributed by atoms with Crippen LogP contribution in [0.1, 0.15) is 162 Å². The average Bonchev–Trinajstić information content (AvgIpc) is 3.15. The third-order valence-corrected chi connectivity index (χ3v) is 10.1. The Morgan fingerprint density at radius 2 is 1.18 bits per heavy atom. The number of esters is 2. The predicted octanol–water partition coefficient (Wildman–Crippen LogP) is 11.4. The molecule has 0 fully saturated rings. The SMILES string of the molecule is CCCCC/C=C\C[C@H](O)/C=C/C=C\C/C=C\CCCC(=O)O[C@H](COC(=O)CCCCCCCCC/C=C\CCCCCC)COP(=O)(O)OCC[N+](C)(C)C. The molecule has 57 heavy (non-hydrogen) atoms. The molecule has 0 aliphatic carbocycles. The fraction of sp³-hybridized carbons (Fsp3) is 0.739. The quantitative estimate of drug-likeness (QED) is 0.0155. The second-order valence-electron chi connectivity index (χ2n) is 15.9. The summed E-state index contributed by atoms with van der Waals surface area (Å²) < 4.78 is 34.2. The molecule has 0 aliphatic rings. The number of rotatable bonds is 39. The molecule has 0 aromatic heterocycles. The Morgan fingerprint density at radius 3 is 1.84 bits per heavy atom. The lowest BCUT2D eigenvalue weighted by atomic mass is 10.1. The predicted molar refractivity (Wildman–Crippen MR) is 235 cm³/mol. The summed E-state index contributed by atoms with van der Waals surface area (Å²) in [5.74, 6) is -0.912. The molecule has 1 unspecified atom stereocenters. The molecule has 0 aromatic carbocycles. The van der Waals surface area contributed by atoms with Gasteiger partial charge in [0.1, 0.15) is 19.8 Å². The van der Waals surface area contributed by atoms with Crippen molar-refractivity contribution >= 4 is 19.8 Å². The van der Waals surface area contributed by atoms with Crippen molar-refractivity contribution in [2.75, 3.05) is 47.5 Å². The van der Waals surface area contributed by atoms with Crippen LogP contribution in [0.15, 0.2) is 60.8 Å². The number of unbranched alkanes of at least 4 members (excludes halogenated alkanes) is 15. The minimum Gasteiger partial charge on any atom is -0.462 e. The first-order chi connectivity index (χ1) is 27.4. The van der Waals surface area contributed by atoms with E-state index < -0.39 is 38.6 Å².